The van der Waals surface area contributed by atoms with Crippen molar-refractivity contribution in [2.75, 3.05) is 18.5 Å². The number of fused-ring (bicyclic) bond motifs is 2. The lowest BCUT2D eigenvalue weighted by molar-refractivity contribution is 0.509. The van der Waals surface area contributed by atoms with Crippen molar-refractivity contribution in [3.63, 3.8) is 0 Å². The largest absolute Gasteiger partial charge is 0.348 e. The molecule has 1 aliphatic rings. The summed E-state index contributed by atoms with van der Waals surface area (Å²) in [5, 5.41) is 0. The Bertz CT molecular complexity index is 995. The van der Waals surface area contributed by atoms with Gasteiger partial charge in [0.15, 0.2) is 0 Å². The van der Waals surface area contributed by atoms with Crippen LogP contribution >= 0.6 is 24.2 Å². The Morgan fingerprint density at radius 2 is 2.07 bits per heavy atom. The van der Waals surface area contributed by atoms with E-state index in [4.69, 9.17) is 0 Å². The van der Waals surface area contributed by atoms with E-state index in [0.717, 1.165) is 42.7 Å². The number of thiol groups is 1. The molecule has 5 heteroatoms. The first-order valence-corrected chi connectivity index (χ1v) is 11.7. The Morgan fingerprint density at radius 1 is 1.21 bits per heavy atom. The minimum atomic E-state index is 0.402. The molecule has 0 aliphatic heterocycles. The number of thiazole rings is 1. The number of aromatic nitrogens is 1. The molecule has 1 unspecified atom stereocenters. The van der Waals surface area contributed by atoms with Gasteiger partial charge in [-0.25, -0.2) is 4.98 Å². The number of hydrogen-bond acceptors (Lipinski definition) is 5. The van der Waals surface area contributed by atoms with Gasteiger partial charge in [0.05, 0.1) is 15.7 Å². The van der Waals surface area contributed by atoms with Crippen LogP contribution in [0.3, 0.4) is 0 Å². The second kappa shape index (κ2) is 9.33. The lowest BCUT2D eigenvalue weighted by Gasteiger charge is -2.29. The lowest BCUT2D eigenvalue weighted by atomic mass is 9.92. The molecular weight excluding hydrogens is 394 g/mol. The van der Waals surface area contributed by atoms with Crippen LogP contribution in [0.2, 0.25) is 0 Å². The highest BCUT2D eigenvalue weighted by molar-refractivity contribution is 7.78. The average Bonchev–Trinajstić information content (AvgIpc) is 3.41. The molecule has 152 valence electrons. The molecule has 0 saturated heterocycles. The third-order valence-electron chi connectivity index (χ3n) is 6.15. The molecule has 29 heavy (non-hydrogen) atoms. The number of hydrogen-bond donors (Lipinski definition) is 2. The second-order valence-electron chi connectivity index (χ2n) is 7.94. The Balaban J connectivity index is 1.46. The summed E-state index contributed by atoms with van der Waals surface area (Å²) in [5.74, 6) is 0.402. The first-order valence-electron chi connectivity index (χ1n) is 10.4. The average molecular weight is 424 g/mol. The van der Waals surface area contributed by atoms with Crippen molar-refractivity contribution in [1.29, 1.82) is 0 Å². The highest BCUT2D eigenvalue weighted by Gasteiger charge is 2.18. The molecule has 0 fully saturated rings. The van der Waals surface area contributed by atoms with Crippen molar-refractivity contribution in [3.8, 4) is 0 Å². The number of benzene rings is 2. The Labute approximate surface area is 183 Å². The third kappa shape index (κ3) is 4.68. The van der Waals surface area contributed by atoms with E-state index in [0.29, 0.717) is 5.92 Å². The fourth-order valence-electron chi connectivity index (χ4n) is 4.33. The number of allylic oxidation sites excluding steroid dienone is 1. The Morgan fingerprint density at radius 3 is 2.93 bits per heavy atom. The molecule has 0 amide bonds. The molecular formula is C24H29N3S2. The molecule has 2 aromatic carbocycles. The normalized spacial score (nSPS) is 14.1. The monoisotopic (exact) mass is 423 g/mol. The van der Waals surface area contributed by atoms with Crippen molar-refractivity contribution in [2.24, 2.45) is 5.92 Å². The SMILES string of the molecule is C=C(C(CCNS)CCc1ccc2c(c1)CCC2)N(C)c1ccc2scnc2c1. The van der Waals surface area contributed by atoms with Crippen LogP contribution in [0.4, 0.5) is 5.69 Å². The fourth-order valence-corrected chi connectivity index (χ4v) is 5.12. The Hall–Kier alpha value is -1.82. The van der Waals surface area contributed by atoms with Gasteiger partial charge in [-0.1, -0.05) is 37.6 Å². The minimum Gasteiger partial charge on any atom is -0.348 e. The molecule has 1 aromatic heterocycles. The molecule has 4 rings (SSSR count). The van der Waals surface area contributed by atoms with E-state index in [1.807, 2.05) is 5.51 Å². The van der Waals surface area contributed by atoms with Crippen LogP contribution in [0.15, 0.2) is 54.2 Å². The molecule has 0 radical (unpaired) electrons. The molecule has 0 spiro atoms. The van der Waals surface area contributed by atoms with Gasteiger partial charge < -0.3 is 4.90 Å². The van der Waals surface area contributed by atoms with Gasteiger partial charge in [0.25, 0.3) is 0 Å². The molecule has 0 bridgehead atoms. The van der Waals surface area contributed by atoms with Crippen LogP contribution in [0.5, 0.6) is 0 Å². The van der Waals surface area contributed by atoms with Crippen molar-refractivity contribution in [3.05, 3.63) is 70.9 Å². The van der Waals surface area contributed by atoms with Gasteiger partial charge in [-0.2, -0.15) is 0 Å². The van der Waals surface area contributed by atoms with Gasteiger partial charge in [-0.05, 0) is 73.4 Å². The summed E-state index contributed by atoms with van der Waals surface area (Å²) in [5.41, 5.74) is 9.82. The standard InChI is InChI=1S/C24H29N3S2/c1-17(27(2)22-10-11-24-23(15-22)25-16-29-24)19(12-13-26-28)8-6-18-7-9-20-4-3-5-21(20)14-18/h7,9-11,14-16,19,26,28H,1,3-6,8,12-13H2,2H3. The number of rotatable bonds is 9. The van der Waals surface area contributed by atoms with Gasteiger partial charge in [-0.15, -0.1) is 11.3 Å². The maximum Gasteiger partial charge on any atom is 0.0832 e. The molecule has 0 saturated carbocycles. The number of nitrogens with zero attached hydrogens (tertiary/aromatic N) is 2. The van der Waals surface area contributed by atoms with E-state index in [1.165, 1.54) is 29.5 Å². The topological polar surface area (TPSA) is 28.2 Å². The zero-order chi connectivity index (χ0) is 20.2. The van der Waals surface area contributed by atoms with Crippen LogP contribution in [-0.4, -0.2) is 18.6 Å². The van der Waals surface area contributed by atoms with Crippen LogP contribution in [-0.2, 0) is 19.3 Å². The molecule has 3 aromatic rings. The van der Waals surface area contributed by atoms with E-state index in [9.17, 15) is 0 Å². The predicted octanol–water partition coefficient (Wildman–Crippen LogP) is 5.81. The zero-order valence-corrected chi connectivity index (χ0v) is 18.7. The minimum absolute atomic E-state index is 0.402. The smallest absolute Gasteiger partial charge is 0.0832 e. The summed E-state index contributed by atoms with van der Waals surface area (Å²) < 4.78 is 4.23. The molecule has 1 aliphatic carbocycles. The number of anilines is 1. The van der Waals surface area contributed by atoms with Crippen molar-refractivity contribution < 1.29 is 0 Å². The first-order chi connectivity index (χ1) is 14.2. The number of nitrogens with one attached hydrogen (secondary N) is 1. The van der Waals surface area contributed by atoms with Crippen molar-refractivity contribution in [2.45, 2.75) is 38.5 Å². The highest BCUT2D eigenvalue weighted by atomic mass is 32.1. The molecule has 1 heterocycles. The summed E-state index contributed by atoms with van der Waals surface area (Å²) in [4.78, 5) is 6.69. The highest BCUT2D eigenvalue weighted by Crippen LogP contribution is 2.30. The van der Waals surface area contributed by atoms with Gasteiger partial charge in [0, 0.05) is 30.9 Å². The van der Waals surface area contributed by atoms with Crippen molar-refractivity contribution in [1.82, 2.24) is 9.71 Å². The summed E-state index contributed by atoms with van der Waals surface area (Å²) in [6, 6.07) is 13.6. The molecule has 1 N–H and O–H groups in total. The Kier molecular flexibility index (Phi) is 6.58. The second-order valence-corrected chi connectivity index (χ2v) is 9.15. The van der Waals surface area contributed by atoms with Gasteiger partial charge in [0.1, 0.15) is 0 Å². The third-order valence-corrected chi connectivity index (χ3v) is 7.19. The van der Waals surface area contributed by atoms with Gasteiger partial charge in [0.2, 0.25) is 0 Å². The van der Waals surface area contributed by atoms with Crippen LogP contribution in [0.1, 0.15) is 36.0 Å². The first kappa shape index (κ1) is 20.5. The lowest BCUT2D eigenvalue weighted by Crippen LogP contribution is -2.24. The van der Waals surface area contributed by atoms with Gasteiger partial charge >= 0.3 is 0 Å². The van der Waals surface area contributed by atoms with Crippen molar-refractivity contribution >= 4 is 40.1 Å². The summed E-state index contributed by atoms with van der Waals surface area (Å²) in [6.07, 6.45) is 7.00. The van der Waals surface area contributed by atoms with E-state index < -0.39 is 0 Å². The molecule has 3 nitrogen and oxygen atoms in total. The molecule has 1 atom stereocenters. The van der Waals surface area contributed by atoms with Gasteiger partial charge in [-0.3, -0.25) is 4.72 Å². The fraction of sp³-hybridized carbons (Fsp3) is 0.375. The van der Waals surface area contributed by atoms with Crippen LogP contribution in [0.25, 0.3) is 10.2 Å². The summed E-state index contributed by atoms with van der Waals surface area (Å²) in [7, 11) is 2.12. The van der Waals surface area contributed by atoms with E-state index >= 15 is 0 Å². The van der Waals surface area contributed by atoms with E-state index in [-0.39, 0.29) is 0 Å². The maximum absolute atomic E-state index is 4.48. The quantitative estimate of drug-likeness (QED) is 0.426. The van der Waals surface area contributed by atoms with E-state index in [2.05, 4.69) is 77.4 Å². The predicted molar refractivity (Wildman–Crippen MR) is 129 cm³/mol. The maximum atomic E-state index is 4.48. The van der Waals surface area contributed by atoms with Crippen LogP contribution < -0.4 is 9.62 Å². The summed E-state index contributed by atoms with van der Waals surface area (Å²) in [6.45, 7) is 5.35. The van der Waals surface area contributed by atoms with E-state index in [1.54, 1.807) is 22.5 Å². The zero-order valence-electron chi connectivity index (χ0n) is 17.0. The summed E-state index contributed by atoms with van der Waals surface area (Å²) >= 11 is 5.88. The number of aryl methyl sites for hydroxylation is 3. The van der Waals surface area contributed by atoms with Crippen LogP contribution in [0, 0.1) is 5.92 Å².